The van der Waals surface area contributed by atoms with Crippen LogP contribution in [-0.4, -0.2) is 9.38 Å². The highest BCUT2D eigenvalue weighted by Crippen LogP contribution is 2.23. The molecule has 4 nitrogen and oxygen atoms in total. The molecule has 0 radical (unpaired) electrons. The lowest BCUT2D eigenvalue weighted by Crippen LogP contribution is -2.16. The Morgan fingerprint density at radius 1 is 1.17 bits per heavy atom. The highest BCUT2D eigenvalue weighted by atomic mass is 32.1. The predicted molar refractivity (Wildman–Crippen MR) is 95.4 cm³/mol. The highest BCUT2D eigenvalue weighted by molar-refractivity contribution is 7.15. The third kappa shape index (κ3) is 2.49. The van der Waals surface area contributed by atoms with Crippen molar-refractivity contribution in [1.82, 2.24) is 9.38 Å². The monoisotopic (exact) mass is 321 g/mol. The number of hydrogen-bond donors (Lipinski definition) is 1. The van der Waals surface area contributed by atoms with Gasteiger partial charge in [-0.05, 0) is 18.4 Å². The molecule has 0 aliphatic carbocycles. The van der Waals surface area contributed by atoms with Gasteiger partial charge in [0.05, 0.1) is 12.2 Å². The van der Waals surface area contributed by atoms with E-state index < -0.39 is 0 Å². The Hall–Kier alpha value is -2.66. The molecule has 0 aliphatic heterocycles. The standard InChI is InChI=1S/C18H15N3OS/c1-12-11-23-18-20-14(9-17(22)21(12)18)10-19-16-8-4-6-13-5-2-3-7-15(13)16/h2-9,11,19H,10H2,1H3. The zero-order valence-corrected chi connectivity index (χ0v) is 13.4. The van der Waals surface area contributed by atoms with Gasteiger partial charge in [-0.25, -0.2) is 4.98 Å². The fourth-order valence-electron chi connectivity index (χ4n) is 2.76. The number of aromatic nitrogens is 2. The van der Waals surface area contributed by atoms with Gasteiger partial charge in [0.1, 0.15) is 0 Å². The first-order valence-electron chi connectivity index (χ1n) is 7.41. The molecule has 114 valence electrons. The van der Waals surface area contributed by atoms with Crippen molar-refractivity contribution in [2.75, 3.05) is 5.32 Å². The van der Waals surface area contributed by atoms with Gasteiger partial charge in [-0.2, -0.15) is 0 Å². The second-order valence-corrected chi connectivity index (χ2v) is 6.30. The molecule has 2 aromatic carbocycles. The summed E-state index contributed by atoms with van der Waals surface area (Å²) >= 11 is 1.49. The topological polar surface area (TPSA) is 46.4 Å². The van der Waals surface area contributed by atoms with E-state index in [1.807, 2.05) is 36.6 Å². The molecule has 0 amide bonds. The van der Waals surface area contributed by atoms with Crippen molar-refractivity contribution < 1.29 is 0 Å². The van der Waals surface area contributed by atoms with Crippen LogP contribution in [0, 0.1) is 6.92 Å². The third-order valence-electron chi connectivity index (χ3n) is 3.88. The van der Waals surface area contributed by atoms with Gasteiger partial charge >= 0.3 is 0 Å². The van der Waals surface area contributed by atoms with E-state index in [1.165, 1.54) is 22.1 Å². The minimum absolute atomic E-state index is 0.0246. The molecule has 1 N–H and O–H groups in total. The minimum Gasteiger partial charge on any atom is -0.379 e. The van der Waals surface area contributed by atoms with E-state index in [1.54, 1.807) is 10.5 Å². The molecule has 0 unspecified atom stereocenters. The summed E-state index contributed by atoms with van der Waals surface area (Å²) in [5.41, 5.74) is 2.71. The lowest BCUT2D eigenvalue weighted by molar-refractivity contribution is 0.966. The van der Waals surface area contributed by atoms with Crippen LogP contribution in [-0.2, 0) is 6.54 Å². The highest BCUT2D eigenvalue weighted by Gasteiger charge is 2.07. The van der Waals surface area contributed by atoms with Crippen molar-refractivity contribution in [2.24, 2.45) is 0 Å². The van der Waals surface area contributed by atoms with Crippen LogP contribution in [0.15, 0.2) is 58.7 Å². The lowest BCUT2D eigenvalue weighted by atomic mass is 10.1. The average Bonchev–Trinajstić information content (AvgIpc) is 2.94. The number of anilines is 1. The number of fused-ring (bicyclic) bond motifs is 2. The molecule has 2 aromatic heterocycles. The number of hydrogen-bond acceptors (Lipinski definition) is 4. The minimum atomic E-state index is -0.0246. The first kappa shape index (κ1) is 14.0. The quantitative estimate of drug-likeness (QED) is 0.624. The number of nitrogens with one attached hydrogen (secondary N) is 1. The summed E-state index contributed by atoms with van der Waals surface area (Å²) in [6.07, 6.45) is 0. The Balaban J connectivity index is 1.67. The Morgan fingerprint density at radius 3 is 2.91 bits per heavy atom. The molecule has 2 heterocycles. The zero-order chi connectivity index (χ0) is 15.8. The molecule has 0 atom stereocenters. The molecule has 0 saturated carbocycles. The van der Waals surface area contributed by atoms with Crippen molar-refractivity contribution in [1.29, 1.82) is 0 Å². The van der Waals surface area contributed by atoms with Crippen molar-refractivity contribution in [3.63, 3.8) is 0 Å². The fraction of sp³-hybridized carbons (Fsp3) is 0.111. The van der Waals surface area contributed by atoms with Crippen LogP contribution in [0.2, 0.25) is 0 Å². The van der Waals surface area contributed by atoms with E-state index in [2.05, 4.69) is 28.5 Å². The Kier molecular flexibility index (Phi) is 3.35. The summed E-state index contributed by atoms with van der Waals surface area (Å²) in [7, 11) is 0. The fourth-order valence-corrected chi connectivity index (χ4v) is 3.65. The molecule has 0 bridgehead atoms. The first-order chi connectivity index (χ1) is 11.2. The average molecular weight is 321 g/mol. The van der Waals surface area contributed by atoms with Gasteiger partial charge < -0.3 is 5.32 Å². The van der Waals surface area contributed by atoms with E-state index in [-0.39, 0.29) is 5.56 Å². The Morgan fingerprint density at radius 2 is 2.00 bits per heavy atom. The second kappa shape index (κ2) is 5.52. The molecular weight excluding hydrogens is 306 g/mol. The Labute approximate surface area is 137 Å². The maximum absolute atomic E-state index is 12.2. The molecule has 23 heavy (non-hydrogen) atoms. The maximum atomic E-state index is 12.2. The van der Waals surface area contributed by atoms with E-state index >= 15 is 0 Å². The summed E-state index contributed by atoms with van der Waals surface area (Å²) < 4.78 is 1.64. The van der Waals surface area contributed by atoms with E-state index in [4.69, 9.17) is 0 Å². The number of rotatable bonds is 3. The van der Waals surface area contributed by atoms with Crippen molar-refractivity contribution in [3.05, 3.63) is 75.7 Å². The number of nitrogens with zero attached hydrogens (tertiary/aromatic N) is 2. The van der Waals surface area contributed by atoms with Gasteiger partial charge in [0.25, 0.3) is 5.56 Å². The molecule has 0 saturated heterocycles. The second-order valence-electron chi connectivity index (χ2n) is 5.46. The van der Waals surface area contributed by atoms with Gasteiger partial charge in [-0.3, -0.25) is 9.20 Å². The first-order valence-corrected chi connectivity index (χ1v) is 8.29. The molecule has 5 heteroatoms. The number of benzene rings is 2. The SMILES string of the molecule is Cc1csc2nc(CNc3cccc4ccccc34)cc(=O)n12. The van der Waals surface area contributed by atoms with Crippen LogP contribution in [0.3, 0.4) is 0 Å². The molecule has 0 spiro atoms. The summed E-state index contributed by atoms with van der Waals surface area (Å²) in [6.45, 7) is 2.44. The van der Waals surface area contributed by atoms with Gasteiger partial charge in [-0.1, -0.05) is 36.4 Å². The van der Waals surface area contributed by atoms with Crippen LogP contribution in [0.4, 0.5) is 5.69 Å². The summed E-state index contributed by atoms with van der Waals surface area (Å²) in [5.74, 6) is 0. The van der Waals surface area contributed by atoms with Crippen LogP contribution < -0.4 is 10.9 Å². The zero-order valence-electron chi connectivity index (χ0n) is 12.6. The molecule has 4 aromatic rings. The molecule has 0 fully saturated rings. The number of aryl methyl sites for hydroxylation is 1. The van der Waals surface area contributed by atoms with Gasteiger partial charge in [0, 0.05) is 28.2 Å². The van der Waals surface area contributed by atoms with Crippen LogP contribution in [0.1, 0.15) is 11.4 Å². The smallest absolute Gasteiger partial charge is 0.259 e. The van der Waals surface area contributed by atoms with Gasteiger partial charge in [0.2, 0.25) is 0 Å². The summed E-state index contributed by atoms with van der Waals surface area (Å²) in [6, 6.07) is 16.0. The largest absolute Gasteiger partial charge is 0.379 e. The molecular formula is C18H15N3OS. The van der Waals surface area contributed by atoms with E-state index in [0.717, 1.165) is 22.0 Å². The molecule has 0 aliphatic rings. The van der Waals surface area contributed by atoms with E-state index in [9.17, 15) is 4.79 Å². The van der Waals surface area contributed by atoms with Crippen molar-refractivity contribution in [3.8, 4) is 0 Å². The summed E-state index contributed by atoms with van der Waals surface area (Å²) in [4.78, 5) is 17.5. The maximum Gasteiger partial charge on any atom is 0.259 e. The van der Waals surface area contributed by atoms with Gasteiger partial charge in [-0.15, -0.1) is 11.3 Å². The van der Waals surface area contributed by atoms with Crippen molar-refractivity contribution in [2.45, 2.75) is 13.5 Å². The van der Waals surface area contributed by atoms with Crippen molar-refractivity contribution >= 4 is 32.8 Å². The summed E-state index contributed by atoms with van der Waals surface area (Å²) in [5, 5.41) is 7.70. The van der Waals surface area contributed by atoms with E-state index in [0.29, 0.717) is 6.54 Å². The molecule has 4 rings (SSSR count). The van der Waals surface area contributed by atoms with Crippen LogP contribution >= 0.6 is 11.3 Å². The van der Waals surface area contributed by atoms with Gasteiger partial charge in [0.15, 0.2) is 4.96 Å². The normalized spacial score (nSPS) is 11.2. The predicted octanol–water partition coefficient (Wildman–Crippen LogP) is 3.83. The van der Waals surface area contributed by atoms with Crippen LogP contribution in [0.5, 0.6) is 0 Å². The number of thiazole rings is 1. The van der Waals surface area contributed by atoms with Crippen LogP contribution in [0.25, 0.3) is 15.7 Å². The third-order valence-corrected chi connectivity index (χ3v) is 4.82. The lowest BCUT2D eigenvalue weighted by Gasteiger charge is -2.09. The Bertz CT molecular complexity index is 1060.